The minimum absolute atomic E-state index is 0.106. The van der Waals surface area contributed by atoms with Gasteiger partial charge in [-0.3, -0.25) is 9.69 Å². The molecule has 2 atom stereocenters. The van der Waals surface area contributed by atoms with Gasteiger partial charge in [0.25, 0.3) is 0 Å². The lowest BCUT2D eigenvalue weighted by atomic mass is 10.2. The van der Waals surface area contributed by atoms with E-state index in [2.05, 4.69) is 10.2 Å². The van der Waals surface area contributed by atoms with Crippen molar-refractivity contribution in [3.63, 3.8) is 0 Å². The van der Waals surface area contributed by atoms with Gasteiger partial charge >= 0.3 is 0 Å². The molecule has 1 aliphatic rings. The number of hydrogen-bond acceptors (Lipinski definition) is 5. The fourth-order valence-electron chi connectivity index (χ4n) is 2.97. The van der Waals surface area contributed by atoms with Crippen LogP contribution in [-0.2, 0) is 19.6 Å². The van der Waals surface area contributed by atoms with Crippen molar-refractivity contribution in [1.82, 2.24) is 9.21 Å². The zero-order valence-corrected chi connectivity index (χ0v) is 16.9. The van der Waals surface area contributed by atoms with Crippen LogP contribution in [0.2, 0.25) is 0 Å². The Labute approximate surface area is 156 Å². The van der Waals surface area contributed by atoms with Crippen LogP contribution in [0.5, 0.6) is 0 Å². The highest BCUT2D eigenvalue weighted by atomic mass is 32.2. The number of benzene rings is 1. The van der Waals surface area contributed by atoms with E-state index in [1.165, 1.54) is 16.4 Å². The van der Waals surface area contributed by atoms with Gasteiger partial charge in [0, 0.05) is 31.9 Å². The van der Waals surface area contributed by atoms with E-state index in [0.717, 1.165) is 13.1 Å². The van der Waals surface area contributed by atoms with Crippen LogP contribution in [0.1, 0.15) is 27.7 Å². The molecular formula is C18H29N3O4S. The number of anilines is 1. The molecule has 2 rings (SSSR count). The molecule has 1 amide bonds. The predicted octanol–water partition coefficient (Wildman–Crippen LogP) is 1.76. The van der Waals surface area contributed by atoms with Gasteiger partial charge in [0.05, 0.1) is 23.6 Å². The van der Waals surface area contributed by atoms with Crippen LogP contribution in [0.4, 0.5) is 5.69 Å². The summed E-state index contributed by atoms with van der Waals surface area (Å²) in [6.07, 6.45) is 0.211. The normalized spacial score (nSPS) is 22.0. The molecule has 0 bridgehead atoms. The highest BCUT2D eigenvalue weighted by Gasteiger charge is 2.24. The maximum absolute atomic E-state index is 12.5. The van der Waals surface area contributed by atoms with Gasteiger partial charge in [0.15, 0.2) is 0 Å². The summed E-state index contributed by atoms with van der Waals surface area (Å²) < 4.78 is 31.9. The molecule has 0 saturated carbocycles. The number of sulfonamides is 1. The summed E-state index contributed by atoms with van der Waals surface area (Å²) in [5.74, 6) is -0.124. The highest BCUT2D eigenvalue weighted by Crippen LogP contribution is 2.19. The van der Waals surface area contributed by atoms with Crippen LogP contribution in [0.3, 0.4) is 0 Å². The van der Waals surface area contributed by atoms with Gasteiger partial charge < -0.3 is 10.1 Å². The third-order valence-electron chi connectivity index (χ3n) is 4.40. The van der Waals surface area contributed by atoms with E-state index < -0.39 is 10.0 Å². The molecule has 1 heterocycles. The molecule has 1 aromatic rings. The second-order valence-electron chi connectivity index (χ2n) is 7.14. The third-order valence-corrected chi connectivity index (χ3v) is 6.45. The molecule has 0 unspecified atom stereocenters. The number of hydrogen-bond donors (Lipinski definition) is 1. The Morgan fingerprint density at radius 1 is 1.23 bits per heavy atom. The predicted molar refractivity (Wildman–Crippen MR) is 102 cm³/mol. The van der Waals surface area contributed by atoms with Crippen molar-refractivity contribution in [2.75, 3.05) is 32.0 Å². The Kier molecular flexibility index (Phi) is 6.79. The van der Waals surface area contributed by atoms with Crippen molar-refractivity contribution in [1.29, 1.82) is 0 Å². The summed E-state index contributed by atoms with van der Waals surface area (Å²) in [6, 6.07) is 6.14. The van der Waals surface area contributed by atoms with Crippen molar-refractivity contribution in [3.8, 4) is 0 Å². The molecule has 1 aromatic carbocycles. The Balaban J connectivity index is 1.97. The van der Waals surface area contributed by atoms with Gasteiger partial charge in [0.2, 0.25) is 15.9 Å². The molecule has 0 aromatic heterocycles. The lowest BCUT2D eigenvalue weighted by molar-refractivity contribution is -0.121. The van der Waals surface area contributed by atoms with Crippen LogP contribution in [0.15, 0.2) is 29.2 Å². The monoisotopic (exact) mass is 383 g/mol. The molecule has 0 radical (unpaired) electrons. The highest BCUT2D eigenvalue weighted by molar-refractivity contribution is 7.89. The molecule has 146 valence electrons. The number of amides is 1. The van der Waals surface area contributed by atoms with Crippen LogP contribution >= 0.6 is 0 Å². The van der Waals surface area contributed by atoms with E-state index in [4.69, 9.17) is 4.74 Å². The van der Waals surface area contributed by atoms with Gasteiger partial charge in [-0.1, -0.05) is 0 Å². The van der Waals surface area contributed by atoms with Crippen molar-refractivity contribution in [3.05, 3.63) is 24.3 Å². The molecule has 1 saturated heterocycles. The summed E-state index contributed by atoms with van der Waals surface area (Å²) >= 11 is 0. The third kappa shape index (κ3) is 5.26. The molecule has 0 aliphatic carbocycles. The zero-order valence-electron chi connectivity index (χ0n) is 16.1. The zero-order chi connectivity index (χ0) is 19.5. The first kappa shape index (κ1) is 20.8. The largest absolute Gasteiger partial charge is 0.373 e. The second kappa shape index (κ2) is 8.47. The summed E-state index contributed by atoms with van der Waals surface area (Å²) in [5.41, 5.74) is 0.579. The first-order valence-electron chi connectivity index (χ1n) is 8.85. The number of carbonyl (C=O) groups is 1. The summed E-state index contributed by atoms with van der Waals surface area (Å²) in [7, 11) is -1.96. The summed E-state index contributed by atoms with van der Waals surface area (Å²) in [4.78, 5) is 14.5. The average molecular weight is 384 g/mol. The standard InChI is InChI=1S/C18H29N3O4S/c1-13(2)20(5)26(23,24)17-8-6-16(7-9-17)19-18(22)12-21-10-14(3)25-15(4)11-21/h6-9,13-15H,10-12H2,1-5H3,(H,19,22)/t14-,15-/m0/s1. The van der Waals surface area contributed by atoms with E-state index in [-0.39, 0.29) is 35.6 Å². The second-order valence-corrected chi connectivity index (χ2v) is 9.14. The number of rotatable bonds is 6. The topological polar surface area (TPSA) is 79.0 Å². The molecule has 7 nitrogen and oxygen atoms in total. The van der Waals surface area contributed by atoms with E-state index in [0.29, 0.717) is 5.69 Å². The molecule has 0 spiro atoms. The minimum atomic E-state index is -3.52. The maximum Gasteiger partial charge on any atom is 0.243 e. The molecule has 26 heavy (non-hydrogen) atoms. The van der Waals surface area contributed by atoms with E-state index in [1.54, 1.807) is 19.2 Å². The molecule has 1 aliphatic heterocycles. The Morgan fingerprint density at radius 2 is 1.77 bits per heavy atom. The van der Waals surface area contributed by atoms with Gasteiger partial charge in [-0.2, -0.15) is 4.31 Å². The first-order valence-corrected chi connectivity index (χ1v) is 10.3. The Morgan fingerprint density at radius 3 is 2.27 bits per heavy atom. The van der Waals surface area contributed by atoms with Crippen LogP contribution < -0.4 is 5.32 Å². The van der Waals surface area contributed by atoms with Gasteiger partial charge in [0.1, 0.15) is 0 Å². The fraction of sp³-hybridized carbons (Fsp3) is 0.611. The van der Waals surface area contributed by atoms with E-state index >= 15 is 0 Å². The molecular weight excluding hydrogens is 354 g/mol. The van der Waals surface area contributed by atoms with Gasteiger partial charge in [-0.05, 0) is 52.0 Å². The summed E-state index contributed by atoms with van der Waals surface area (Å²) in [6.45, 7) is 9.35. The van der Waals surface area contributed by atoms with Crippen molar-refractivity contribution in [2.24, 2.45) is 0 Å². The quantitative estimate of drug-likeness (QED) is 0.810. The minimum Gasteiger partial charge on any atom is -0.373 e. The summed E-state index contributed by atoms with van der Waals surface area (Å²) in [5, 5.41) is 2.82. The number of ether oxygens (including phenoxy) is 1. The SMILES string of the molecule is CC(C)N(C)S(=O)(=O)c1ccc(NC(=O)CN2C[C@H](C)O[C@@H](C)C2)cc1. The maximum atomic E-state index is 12.5. The molecule has 1 N–H and O–H groups in total. The lowest BCUT2D eigenvalue weighted by Crippen LogP contribution is -2.48. The number of nitrogens with zero attached hydrogens (tertiary/aromatic N) is 2. The number of nitrogens with one attached hydrogen (secondary N) is 1. The van der Waals surface area contributed by atoms with Crippen LogP contribution in [-0.4, -0.2) is 68.5 Å². The average Bonchev–Trinajstić information content (AvgIpc) is 2.53. The Bertz CT molecular complexity index is 708. The van der Waals surface area contributed by atoms with E-state index in [1.807, 2.05) is 27.7 Å². The number of morpholine rings is 1. The van der Waals surface area contributed by atoms with E-state index in [9.17, 15) is 13.2 Å². The van der Waals surface area contributed by atoms with Crippen LogP contribution in [0, 0.1) is 0 Å². The Hall–Kier alpha value is -1.48. The molecule has 8 heteroatoms. The van der Waals surface area contributed by atoms with Gasteiger partial charge in [-0.25, -0.2) is 8.42 Å². The first-order chi connectivity index (χ1) is 12.1. The van der Waals surface area contributed by atoms with Crippen molar-refractivity contribution >= 4 is 21.6 Å². The van der Waals surface area contributed by atoms with Gasteiger partial charge in [-0.15, -0.1) is 0 Å². The molecule has 1 fully saturated rings. The van der Waals surface area contributed by atoms with Crippen molar-refractivity contribution < 1.29 is 17.9 Å². The smallest absolute Gasteiger partial charge is 0.243 e. The lowest BCUT2D eigenvalue weighted by Gasteiger charge is -2.34. The number of carbonyl (C=O) groups excluding carboxylic acids is 1. The van der Waals surface area contributed by atoms with Crippen molar-refractivity contribution in [2.45, 2.75) is 50.8 Å². The fourth-order valence-corrected chi connectivity index (χ4v) is 4.34. The van der Waals surface area contributed by atoms with Crippen LogP contribution in [0.25, 0.3) is 0 Å².